The van der Waals surface area contributed by atoms with E-state index in [4.69, 9.17) is 29.2 Å². The van der Waals surface area contributed by atoms with Gasteiger partial charge >= 0.3 is 0 Å². The number of morpholine rings is 1. The summed E-state index contributed by atoms with van der Waals surface area (Å²) in [6.07, 6.45) is 55.0. The van der Waals surface area contributed by atoms with E-state index in [-0.39, 0.29) is 0 Å². The lowest BCUT2D eigenvalue weighted by Gasteiger charge is -2.28. The molecule has 380 valence electrons. The van der Waals surface area contributed by atoms with Crippen LogP contribution in [0.2, 0.25) is 0 Å². The molecule has 1 aliphatic heterocycles. The molecule has 0 aromatic rings. The summed E-state index contributed by atoms with van der Waals surface area (Å²) < 4.78 is 5.61. The van der Waals surface area contributed by atoms with Gasteiger partial charge in [-0.2, -0.15) is 0 Å². The first kappa shape index (κ1) is 61.7. The first-order valence-corrected chi connectivity index (χ1v) is 29.9. The molecule has 0 aliphatic carbocycles. The van der Waals surface area contributed by atoms with Gasteiger partial charge in [-0.25, -0.2) is 0 Å². The van der Waals surface area contributed by atoms with Crippen LogP contribution in [0.25, 0.3) is 0 Å². The van der Waals surface area contributed by atoms with Crippen molar-refractivity contribution in [3.05, 3.63) is 0 Å². The predicted octanol–water partition coefficient (Wildman–Crippen LogP) is 17.3. The zero-order valence-corrected chi connectivity index (χ0v) is 45.6. The quantitative estimate of drug-likeness (QED) is 0.0465. The summed E-state index contributed by atoms with van der Waals surface area (Å²) in [5.74, 6) is 0. The van der Waals surface area contributed by atoms with Crippen LogP contribution in [0, 0.1) is 0 Å². The van der Waals surface area contributed by atoms with Crippen LogP contribution >= 0.6 is 24.4 Å². The first-order valence-electron chi connectivity index (χ1n) is 29.1. The summed E-state index contributed by atoms with van der Waals surface area (Å²) in [5.41, 5.74) is 0. The highest BCUT2D eigenvalue weighted by Crippen LogP contribution is 2.18. The van der Waals surface area contributed by atoms with E-state index in [0.717, 1.165) is 49.1 Å². The molecule has 1 fully saturated rings. The summed E-state index contributed by atoms with van der Waals surface area (Å²) in [6.45, 7) is 18.3. The van der Waals surface area contributed by atoms with E-state index >= 15 is 0 Å². The zero-order chi connectivity index (χ0) is 46.2. The molecule has 2 N–H and O–H groups in total. The smallest absolute Gasteiger partial charge is 0.0755 e. The van der Waals surface area contributed by atoms with Gasteiger partial charge in [-0.05, 0) is 96.8 Å². The topological polar surface area (TPSA) is 39.8 Å². The molecule has 0 bridgehead atoms. The van der Waals surface area contributed by atoms with Gasteiger partial charge in [0.15, 0.2) is 0 Å². The van der Waals surface area contributed by atoms with Crippen LogP contribution in [0.15, 0.2) is 0 Å². The normalized spacial score (nSPS) is 13.5. The minimum atomic E-state index is 0.594. The van der Waals surface area contributed by atoms with E-state index in [1.165, 1.54) is 277 Å². The molecule has 0 unspecified atom stereocenters. The average molecular weight is 936 g/mol. The van der Waals surface area contributed by atoms with Crippen molar-refractivity contribution >= 4 is 34.4 Å². The number of rotatable bonds is 50. The van der Waals surface area contributed by atoms with E-state index in [1.807, 2.05) is 0 Å². The summed E-state index contributed by atoms with van der Waals surface area (Å²) >= 11 is 11.9. The van der Waals surface area contributed by atoms with Crippen molar-refractivity contribution in [2.45, 2.75) is 303 Å². The third-order valence-electron chi connectivity index (χ3n) is 14.2. The van der Waals surface area contributed by atoms with Crippen molar-refractivity contribution < 1.29 is 4.74 Å². The SMILES string of the molecule is CCCCCCCCC(CCCCCCCC)NC(=S)CCCCCCCN(CCCCCCCC(=S)NC(CCCCCCCC)CCCCCCCC)CCCN1CCOCC1. The van der Waals surface area contributed by atoms with E-state index < -0.39 is 0 Å². The molecular formula is C57H114N4OS2. The minimum absolute atomic E-state index is 0.594. The largest absolute Gasteiger partial charge is 0.379 e. The third kappa shape index (κ3) is 41.8. The van der Waals surface area contributed by atoms with Crippen LogP contribution in [0.5, 0.6) is 0 Å². The monoisotopic (exact) mass is 935 g/mol. The number of unbranched alkanes of at least 4 members (excludes halogenated alkanes) is 28. The van der Waals surface area contributed by atoms with Gasteiger partial charge in [0.05, 0.1) is 23.2 Å². The van der Waals surface area contributed by atoms with Gasteiger partial charge in [0, 0.05) is 25.2 Å². The van der Waals surface area contributed by atoms with Gasteiger partial charge in [0.2, 0.25) is 0 Å². The summed E-state index contributed by atoms with van der Waals surface area (Å²) in [4.78, 5) is 7.69. The van der Waals surface area contributed by atoms with Crippen molar-refractivity contribution in [3.63, 3.8) is 0 Å². The van der Waals surface area contributed by atoms with Crippen molar-refractivity contribution in [1.29, 1.82) is 0 Å². The Hall–Kier alpha value is -0.340. The Balaban J connectivity index is 2.38. The molecule has 1 saturated heterocycles. The van der Waals surface area contributed by atoms with E-state index in [0.29, 0.717) is 12.1 Å². The molecular weight excluding hydrogens is 821 g/mol. The number of ether oxygens (including phenoxy) is 1. The second kappa shape index (κ2) is 49.1. The summed E-state index contributed by atoms with van der Waals surface area (Å²) in [6, 6.07) is 1.19. The molecule has 0 atom stereocenters. The van der Waals surface area contributed by atoms with Crippen molar-refractivity contribution in [2.24, 2.45) is 0 Å². The lowest BCUT2D eigenvalue weighted by molar-refractivity contribution is 0.0360. The molecule has 1 aliphatic rings. The van der Waals surface area contributed by atoms with Crippen LogP contribution in [-0.2, 0) is 4.74 Å². The molecule has 7 heteroatoms. The molecule has 0 saturated carbocycles. The average Bonchev–Trinajstić information content (AvgIpc) is 3.30. The summed E-state index contributed by atoms with van der Waals surface area (Å²) in [5, 5.41) is 7.72. The Labute approximate surface area is 413 Å². The molecule has 0 aromatic carbocycles. The zero-order valence-electron chi connectivity index (χ0n) is 43.9. The van der Waals surface area contributed by atoms with Crippen LogP contribution in [0.4, 0.5) is 0 Å². The van der Waals surface area contributed by atoms with Gasteiger partial charge < -0.3 is 20.3 Å². The Bertz CT molecular complexity index is 881. The number of nitrogens with one attached hydrogen (secondary N) is 2. The fraction of sp³-hybridized carbons (Fsp3) is 0.965. The van der Waals surface area contributed by atoms with Crippen LogP contribution < -0.4 is 10.6 Å². The van der Waals surface area contributed by atoms with Gasteiger partial charge in [-0.1, -0.05) is 245 Å². The van der Waals surface area contributed by atoms with E-state index in [1.54, 1.807) is 0 Å². The van der Waals surface area contributed by atoms with E-state index in [2.05, 4.69) is 48.1 Å². The molecule has 0 amide bonds. The highest BCUT2D eigenvalue weighted by molar-refractivity contribution is 7.80. The maximum absolute atomic E-state index is 5.94. The second-order valence-electron chi connectivity index (χ2n) is 20.4. The highest BCUT2D eigenvalue weighted by atomic mass is 32.1. The maximum Gasteiger partial charge on any atom is 0.0755 e. The number of nitrogens with zero attached hydrogens (tertiary/aromatic N) is 2. The van der Waals surface area contributed by atoms with E-state index in [9.17, 15) is 0 Å². The predicted molar refractivity (Wildman–Crippen MR) is 295 cm³/mol. The lowest BCUT2D eigenvalue weighted by Crippen LogP contribution is -2.38. The highest BCUT2D eigenvalue weighted by Gasteiger charge is 2.14. The Morgan fingerprint density at radius 2 is 0.703 bits per heavy atom. The lowest BCUT2D eigenvalue weighted by atomic mass is 9.99. The summed E-state index contributed by atoms with van der Waals surface area (Å²) in [7, 11) is 0. The molecule has 64 heavy (non-hydrogen) atoms. The van der Waals surface area contributed by atoms with Crippen molar-refractivity contribution in [1.82, 2.24) is 20.4 Å². The van der Waals surface area contributed by atoms with Crippen molar-refractivity contribution in [3.8, 4) is 0 Å². The van der Waals surface area contributed by atoms with Gasteiger partial charge in [-0.3, -0.25) is 4.90 Å². The number of thiocarbonyl (C=S) groups is 2. The second-order valence-corrected chi connectivity index (χ2v) is 21.4. The molecule has 1 rings (SSSR count). The molecule has 0 aromatic heterocycles. The number of hydrogen-bond acceptors (Lipinski definition) is 5. The Morgan fingerprint density at radius 1 is 0.406 bits per heavy atom. The molecule has 0 radical (unpaired) electrons. The van der Waals surface area contributed by atoms with Crippen LogP contribution in [0.1, 0.15) is 291 Å². The van der Waals surface area contributed by atoms with Gasteiger partial charge in [0.25, 0.3) is 0 Å². The van der Waals surface area contributed by atoms with Gasteiger partial charge in [-0.15, -0.1) is 0 Å². The van der Waals surface area contributed by atoms with Gasteiger partial charge in [0.1, 0.15) is 0 Å². The third-order valence-corrected chi connectivity index (χ3v) is 14.8. The fourth-order valence-electron chi connectivity index (χ4n) is 9.84. The van der Waals surface area contributed by atoms with Crippen LogP contribution in [-0.4, -0.2) is 84.3 Å². The number of hydrogen-bond donors (Lipinski definition) is 2. The standard InChI is InChI=1S/C57H114N4OS2/c1-5-9-13-17-23-31-40-54(41-32-24-18-14-10-6-2)58-56(63)44-35-27-21-29-37-46-60(48-39-49-61-50-52-62-53-51-61)47-38-30-22-28-36-45-57(64)59-55(42-33-25-19-15-11-7-3)43-34-26-20-16-12-8-4/h54-55H,5-53H2,1-4H3,(H,58,63)(H,59,64). The maximum atomic E-state index is 5.94. The fourth-order valence-corrected chi connectivity index (χ4v) is 10.5. The molecule has 5 nitrogen and oxygen atoms in total. The Kier molecular flexibility index (Phi) is 47.3. The molecule has 1 heterocycles. The Morgan fingerprint density at radius 3 is 1.06 bits per heavy atom. The molecule has 0 spiro atoms. The van der Waals surface area contributed by atoms with Crippen molar-refractivity contribution in [2.75, 3.05) is 52.5 Å². The van der Waals surface area contributed by atoms with Crippen LogP contribution in [0.3, 0.4) is 0 Å². The minimum Gasteiger partial charge on any atom is -0.379 e. The first-order chi connectivity index (χ1) is 31.5.